The normalized spacial score (nSPS) is 15.0. The van der Waals surface area contributed by atoms with Crippen molar-refractivity contribution in [2.75, 3.05) is 17.4 Å². The molecule has 0 amide bonds. The number of nitrogens with one attached hydrogen (secondary N) is 1. The molecule has 2 aromatic carbocycles. The van der Waals surface area contributed by atoms with Crippen LogP contribution in [0.2, 0.25) is 5.02 Å². The highest BCUT2D eigenvalue weighted by Crippen LogP contribution is 2.36. The van der Waals surface area contributed by atoms with Crippen molar-refractivity contribution in [3.63, 3.8) is 0 Å². The molecule has 1 N–H and O–H groups in total. The number of hydrogen-bond acceptors (Lipinski definition) is 3. The van der Waals surface area contributed by atoms with E-state index in [1.165, 1.54) is 0 Å². The third-order valence-corrected chi connectivity index (χ3v) is 6.19. The molecule has 0 radical (unpaired) electrons. The molecule has 0 saturated heterocycles. The first-order valence-electron chi connectivity index (χ1n) is 7.39. The molecule has 0 aliphatic carbocycles. The van der Waals surface area contributed by atoms with Crippen molar-refractivity contribution in [2.45, 2.75) is 17.6 Å². The van der Waals surface area contributed by atoms with Crippen LogP contribution in [0.1, 0.15) is 11.1 Å². The Bertz CT molecular complexity index is 905. The van der Waals surface area contributed by atoms with Crippen LogP contribution in [-0.2, 0) is 22.7 Å². The van der Waals surface area contributed by atoms with Crippen LogP contribution in [-0.4, -0.2) is 21.5 Å². The summed E-state index contributed by atoms with van der Waals surface area (Å²) in [6, 6.07) is 9.15. The van der Waals surface area contributed by atoms with Crippen molar-refractivity contribution in [1.82, 2.24) is 5.32 Å². The average molecular weight is 427 g/mol. The maximum Gasteiger partial charge on any atom is 0.416 e. The fourth-order valence-electron chi connectivity index (χ4n) is 2.67. The second kappa shape index (κ2) is 7.64. The lowest BCUT2D eigenvalue weighted by Gasteiger charge is -2.25. The summed E-state index contributed by atoms with van der Waals surface area (Å²) in [7, 11) is -4.25. The van der Waals surface area contributed by atoms with Gasteiger partial charge in [-0.2, -0.15) is 13.2 Å². The van der Waals surface area contributed by atoms with Gasteiger partial charge in [0, 0.05) is 19.6 Å². The van der Waals surface area contributed by atoms with Gasteiger partial charge in [0.15, 0.2) is 0 Å². The van der Waals surface area contributed by atoms with Gasteiger partial charge in [-0.05, 0) is 29.8 Å². The molecule has 1 aliphatic heterocycles. The van der Waals surface area contributed by atoms with E-state index in [0.717, 1.165) is 22.0 Å². The Labute approximate surface area is 160 Å². The quantitative estimate of drug-likeness (QED) is 0.786. The molecule has 2 aromatic rings. The number of alkyl halides is 3. The van der Waals surface area contributed by atoms with Gasteiger partial charge < -0.3 is 5.32 Å². The zero-order valence-electron chi connectivity index (χ0n) is 13.3. The van der Waals surface area contributed by atoms with Gasteiger partial charge in [-0.1, -0.05) is 29.8 Å². The van der Waals surface area contributed by atoms with Crippen LogP contribution in [0.3, 0.4) is 0 Å². The minimum Gasteiger partial charge on any atom is -0.311 e. The molecule has 4 nitrogen and oxygen atoms in total. The van der Waals surface area contributed by atoms with Gasteiger partial charge in [0.1, 0.15) is 4.90 Å². The van der Waals surface area contributed by atoms with E-state index in [0.29, 0.717) is 24.8 Å². The fraction of sp³-hybridized carbons (Fsp3) is 0.250. The smallest absolute Gasteiger partial charge is 0.311 e. The zero-order valence-corrected chi connectivity index (χ0v) is 15.6. The van der Waals surface area contributed by atoms with E-state index in [4.69, 9.17) is 11.6 Å². The van der Waals surface area contributed by atoms with Crippen LogP contribution in [0.4, 0.5) is 18.9 Å². The monoisotopic (exact) mass is 426 g/mol. The highest BCUT2D eigenvalue weighted by atomic mass is 35.5. The first-order valence-corrected chi connectivity index (χ1v) is 9.21. The summed E-state index contributed by atoms with van der Waals surface area (Å²) in [6.45, 7) is 0.926. The third kappa shape index (κ3) is 3.93. The number of fused-ring (bicyclic) bond motifs is 1. The van der Waals surface area contributed by atoms with Gasteiger partial charge in [-0.3, -0.25) is 4.31 Å². The van der Waals surface area contributed by atoms with Crippen LogP contribution in [0, 0.1) is 0 Å². The fourth-order valence-corrected chi connectivity index (χ4v) is 4.68. The van der Waals surface area contributed by atoms with Crippen LogP contribution in [0.5, 0.6) is 0 Å². The first kappa shape index (κ1) is 20.8. The maximum atomic E-state index is 13.0. The van der Waals surface area contributed by atoms with Crippen LogP contribution in [0.25, 0.3) is 0 Å². The van der Waals surface area contributed by atoms with Gasteiger partial charge in [0.2, 0.25) is 0 Å². The second-order valence-electron chi connectivity index (χ2n) is 5.53. The van der Waals surface area contributed by atoms with Crippen molar-refractivity contribution in [3.05, 3.63) is 58.6 Å². The largest absolute Gasteiger partial charge is 0.416 e. The summed E-state index contributed by atoms with van der Waals surface area (Å²) in [5.41, 5.74) is 0.115. The van der Waals surface area contributed by atoms with Gasteiger partial charge in [-0.25, -0.2) is 8.42 Å². The summed E-state index contributed by atoms with van der Waals surface area (Å²) in [6.07, 6.45) is -4.66. The first-order chi connectivity index (χ1) is 11.7. The average Bonchev–Trinajstić information content (AvgIpc) is 2.76. The molecular formula is C16H15Cl2F3N2O2S. The Morgan fingerprint density at radius 2 is 1.81 bits per heavy atom. The van der Waals surface area contributed by atoms with E-state index < -0.39 is 26.7 Å². The molecule has 0 aromatic heterocycles. The van der Waals surface area contributed by atoms with Crippen molar-refractivity contribution >= 4 is 39.7 Å². The molecule has 0 fully saturated rings. The molecule has 10 heteroatoms. The van der Waals surface area contributed by atoms with E-state index in [9.17, 15) is 21.6 Å². The summed E-state index contributed by atoms with van der Waals surface area (Å²) in [5, 5.41) is 2.84. The topological polar surface area (TPSA) is 49.4 Å². The number of hydrogen-bond donors (Lipinski definition) is 1. The minimum atomic E-state index is -4.66. The summed E-state index contributed by atoms with van der Waals surface area (Å²) < 4.78 is 66.1. The summed E-state index contributed by atoms with van der Waals surface area (Å²) >= 11 is 5.93. The standard InChI is InChI=1S/C16H14ClF3N2O2S.ClH/c17-13-6-5-12(16(18,19)20)9-15(13)25(23,24)22-8-7-21-10-11-3-1-2-4-14(11)22;/h1-6,9,21H,7-8,10H2;1H. The van der Waals surface area contributed by atoms with E-state index >= 15 is 0 Å². The molecule has 0 spiro atoms. The second-order valence-corrected chi connectivity index (χ2v) is 7.76. The van der Waals surface area contributed by atoms with E-state index in [-0.39, 0.29) is 24.0 Å². The van der Waals surface area contributed by atoms with Crippen molar-refractivity contribution in [3.8, 4) is 0 Å². The van der Waals surface area contributed by atoms with Crippen LogP contribution >= 0.6 is 24.0 Å². The van der Waals surface area contributed by atoms with Crippen molar-refractivity contribution < 1.29 is 21.6 Å². The predicted octanol–water partition coefficient (Wildman–Crippen LogP) is 4.08. The minimum absolute atomic E-state index is 0. The van der Waals surface area contributed by atoms with E-state index in [1.807, 2.05) is 0 Å². The molecule has 0 bridgehead atoms. The van der Waals surface area contributed by atoms with Crippen LogP contribution < -0.4 is 9.62 Å². The third-order valence-electron chi connectivity index (χ3n) is 3.89. The number of para-hydroxylation sites is 1. The molecule has 3 rings (SSSR count). The summed E-state index contributed by atoms with van der Waals surface area (Å²) in [5.74, 6) is 0. The highest BCUT2D eigenvalue weighted by molar-refractivity contribution is 7.93. The molecule has 1 heterocycles. The number of halogens is 5. The van der Waals surface area contributed by atoms with Gasteiger partial charge >= 0.3 is 6.18 Å². The lowest BCUT2D eigenvalue weighted by Crippen LogP contribution is -2.35. The lowest BCUT2D eigenvalue weighted by atomic mass is 10.2. The van der Waals surface area contributed by atoms with Crippen LogP contribution in [0.15, 0.2) is 47.4 Å². The lowest BCUT2D eigenvalue weighted by molar-refractivity contribution is -0.137. The number of anilines is 1. The van der Waals surface area contributed by atoms with Crippen molar-refractivity contribution in [1.29, 1.82) is 0 Å². The number of benzene rings is 2. The van der Waals surface area contributed by atoms with Crippen molar-refractivity contribution in [2.24, 2.45) is 0 Å². The zero-order chi connectivity index (χ0) is 18.2. The molecule has 0 atom stereocenters. The molecule has 0 unspecified atom stereocenters. The number of rotatable bonds is 2. The maximum absolute atomic E-state index is 13.0. The SMILES string of the molecule is Cl.O=S(=O)(c1cc(C(F)(F)F)ccc1Cl)N1CCNCc2ccccc21. The van der Waals surface area contributed by atoms with E-state index in [2.05, 4.69) is 5.32 Å². The molecule has 0 saturated carbocycles. The Hall–Kier alpha value is -1.48. The summed E-state index contributed by atoms with van der Waals surface area (Å²) in [4.78, 5) is -0.555. The Morgan fingerprint density at radius 3 is 2.50 bits per heavy atom. The van der Waals surface area contributed by atoms with Gasteiger partial charge in [0.25, 0.3) is 10.0 Å². The molecule has 1 aliphatic rings. The van der Waals surface area contributed by atoms with E-state index in [1.54, 1.807) is 24.3 Å². The molecular weight excluding hydrogens is 412 g/mol. The molecule has 142 valence electrons. The Morgan fingerprint density at radius 1 is 1.12 bits per heavy atom. The van der Waals surface area contributed by atoms with Gasteiger partial charge in [-0.15, -0.1) is 12.4 Å². The Balaban J connectivity index is 0.00000243. The molecule has 26 heavy (non-hydrogen) atoms. The highest BCUT2D eigenvalue weighted by Gasteiger charge is 2.35. The van der Waals surface area contributed by atoms with Gasteiger partial charge in [0.05, 0.1) is 16.3 Å². The Kier molecular flexibility index (Phi) is 6.12. The predicted molar refractivity (Wildman–Crippen MR) is 96.4 cm³/mol. The number of nitrogens with zero attached hydrogens (tertiary/aromatic N) is 1. The number of sulfonamides is 1.